The van der Waals surface area contributed by atoms with Gasteiger partial charge < -0.3 is 5.32 Å². The van der Waals surface area contributed by atoms with Gasteiger partial charge in [-0.05, 0) is 38.3 Å². The minimum Gasteiger partial charge on any atom is -0.352 e. The summed E-state index contributed by atoms with van der Waals surface area (Å²) in [6.07, 6.45) is 8.21. The minimum atomic E-state index is -3.56. The molecule has 0 aliphatic heterocycles. The van der Waals surface area contributed by atoms with Crippen LogP contribution in [0.3, 0.4) is 0 Å². The molecule has 1 atom stereocenters. The Kier molecular flexibility index (Phi) is 6.87. The molecule has 5 nitrogen and oxygen atoms in total. The fourth-order valence-electron chi connectivity index (χ4n) is 3.47. The van der Waals surface area contributed by atoms with Crippen molar-refractivity contribution in [2.75, 3.05) is 10.6 Å². The van der Waals surface area contributed by atoms with Crippen molar-refractivity contribution in [2.45, 2.75) is 70.9 Å². The number of anilines is 1. The number of carbonyl (C=O) groups is 1. The molecule has 0 spiro atoms. The van der Waals surface area contributed by atoms with Crippen molar-refractivity contribution in [2.24, 2.45) is 0 Å². The molecule has 2 rings (SSSR count). The topological polar surface area (TPSA) is 66.5 Å². The highest BCUT2D eigenvalue weighted by molar-refractivity contribution is 7.92. The number of sulfonamides is 1. The third-order valence-corrected chi connectivity index (χ3v) is 6.00. The van der Waals surface area contributed by atoms with Crippen LogP contribution in [0.4, 0.5) is 5.69 Å². The summed E-state index contributed by atoms with van der Waals surface area (Å²) >= 11 is 0. The average Bonchev–Trinajstić information content (AvgIpc) is 2.81. The molecule has 140 valence electrons. The monoisotopic (exact) mass is 366 g/mol. The molecule has 0 bridgehead atoms. The predicted molar refractivity (Wildman–Crippen MR) is 102 cm³/mol. The molecule has 0 radical (unpaired) electrons. The van der Waals surface area contributed by atoms with Crippen molar-refractivity contribution < 1.29 is 13.2 Å². The summed E-state index contributed by atoms with van der Waals surface area (Å²) in [6.45, 7) is 3.80. The van der Waals surface area contributed by atoms with Crippen molar-refractivity contribution in [3.8, 4) is 0 Å². The van der Waals surface area contributed by atoms with Crippen LogP contribution in [-0.4, -0.2) is 32.7 Å². The quantitative estimate of drug-likeness (QED) is 0.785. The van der Waals surface area contributed by atoms with E-state index in [9.17, 15) is 13.2 Å². The van der Waals surface area contributed by atoms with Crippen molar-refractivity contribution in [1.82, 2.24) is 5.32 Å². The maximum atomic E-state index is 12.9. The van der Waals surface area contributed by atoms with Gasteiger partial charge in [0.1, 0.15) is 6.04 Å². The van der Waals surface area contributed by atoms with E-state index in [2.05, 4.69) is 5.32 Å². The number of rotatable bonds is 6. The number of hydrogen-bond acceptors (Lipinski definition) is 3. The molecule has 0 heterocycles. The van der Waals surface area contributed by atoms with E-state index >= 15 is 0 Å². The summed E-state index contributed by atoms with van der Waals surface area (Å²) in [5.74, 6) is -0.194. The molecule has 1 amide bonds. The van der Waals surface area contributed by atoms with Crippen LogP contribution in [0, 0.1) is 6.92 Å². The Labute approximate surface area is 151 Å². The first kappa shape index (κ1) is 19.8. The maximum Gasteiger partial charge on any atom is 0.244 e. The number of amides is 1. The van der Waals surface area contributed by atoms with E-state index in [1.807, 2.05) is 26.0 Å². The van der Waals surface area contributed by atoms with Gasteiger partial charge in [0.25, 0.3) is 0 Å². The molecule has 25 heavy (non-hydrogen) atoms. The fraction of sp³-hybridized carbons (Fsp3) is 0.632. The van der Waals surface area contributed by atoms with E-state index in [1.54, 1.807) is 12.1 Å². The van der Waals surface area contributed by atoms with Gasteiger partial charge in [-0.3, -0.25) is 9.10 Å². The zero-order valence-electron chi connectivity index (χ0n) is 15.5. The maximum absolute atomic E-state index is 12.9. The van der Waals surface area contributed by atoms with Crippen LogP contribution in [0.15, 0.2) is 24.3 Å². The van der Waals surface area contributed by atoms with E-state index in [1.165, 1.54) is 17.1 Å². The minimum absolute atomic E-state index is 0.156. The Morgan fingerprint density at radius 3 is 2.20 bits per heavy atom. The number of aryl methyl sites for hydroxylation is 1. The predicted octanol–water partition coefficient (Wildman–Crippen LogP) is 3.38. The zero-order valence-corrected chi connectivity index (χ0v) is 16.3. The summed E-state index contributed by atoms with van der Waals surface area (Å²) in [7, 11) is -3.56. The van der Waals surface area contributed by atoms with E-state index in [4.69, 9.17) is 0 Å². The van der Waals surface area contributed by atoms with Crippen LogP contribution in [0.1, 0.15) is 57.4 Å². The van der Waals surface area contributed by atoms with Gasteiger partial charge in [0.2, 0.25) is 15.9 Å². The lowest BCUT2D eigenvalue weighted by Gasteiger charge is -2.31. The second-order valence-electron chi connectivity index (χ2n) is 7.02. The van der Waals surface area contributed by atoms with Crippen LogP contribution in [0.2, 0.25) is 0 Å². The first-order chi connectivity index (χ1) is 11.8. The average molecular weight is 367 g/mol. The molecule has 6 heteroatoms. The van der Waals surface area contributed by atoms with Gasteiger partial charge in [-0.25, -0.2) is 8.42 Å². The largest absolute Gasteiger partial charge is 0.352 e. The lowest BCUT2D eigenvalue weighted by atomic mass is 10.1. The molecular weight excluding hydrogens is 336 g/mol. The highest BCUT2D eigenvalue weighted by Gasteiger charge is 2.32. The number of carbonyl (C=O) groups excluding carboxylic acids is 1. The summed E-state index contributed by atoms with van der Waals surface area (Å²) in [5.41, 5.74) is 1.59. The second kappa shape index (κ2) is 8.70. The first-order valence-electron chi connectivity index (χ1n) is 9.19. The van der Waals surface area contributed by atoms with Gasteiger partial charge in [0.15, 0.2) is 0 Å². The molecule has 0 saturated heterocycles. The molecule has 1 fully saturated rings. The Morgan fingerprint density at radius 2 is 1.72 bits per heavy atom. The van der Waals surface area contributed by atoms with Gasteiger partial charge in [0, 0.05) is 6.04 Å². The molecule has 0 unspecified atom stereocenters. The standard InChI is InChI=1S/C19H30N2O3S/c1-4-18(19(22)20-16-9-7-5-6-8-10-16)21(25(3,23)24)17-13-11-15(2)12-14-17/h11-14,16,18H,4-10H2,1-3H3,(H,20,22)/t18-/m0/s1. The highest BCUT2D eigenvalue weighted by Crippen LogP contribution is 2.24. The van der Waals surface area contributed by atoms with Crippen molar-refractivity contribution >= 4 is 21.6 Å². The van der Waals surface area contributed by atoms with Gasteiger partial charge in [-0.2, -0.15) is 0 Å². The molecule has 1 aromatic rings. The molecule has 1 aromatic carbocycles. The van der Waals surface area contributed by atoms with E-state index in [-0.39, 0.29) is 11.9 Å². The molecule has 1 saturated carbocycles. The Morgan fingerprint density at radius 1 is 1.16 bits per heavy atom. The van der Waals surface area contributed by atoms with Crippen LogP contribution in [0.25, 0.3) is 0 Å². The summed E-state index contributed by atoms with van der Waals surface area (Å²) in [4.78, 5) is 12.9. The van der Waals surface area contributed by atoms with Gasteiger partial charge in [-0.15, -0.1) is 0 Å². The number of nitrogens with zero attached hydrogens (tertiary/aromatic N) is 1. The molecule has 1 N–H and O–H groups in total. The Balaban J connectivity index is 2.23. The summed E-state index contributed by atoms with van der Waals surface area (Å²) < 4.78 is 26.1. The van der Waals surface area contributed by atoms with Crippen molar-refractivity contribution in [3.63, 3.8) is 0 Å². The normalized spacial score (nSPS) is 17.6. The first-order valence-corrected chi connectivity index (χ1v) is 11.0. The fourth-order valence-corrected chi connectivity index (χ4v) is 4.68. The SMILES string of the molecule is CC[C@@H](C(=O)NC1CCCCCC1)N(c1ccc(C)cc1)S(C)(=O)=O. The lowest BCUT2D eigenvalue weighted by molar-refractivity contribution is -0.123. The van der Waals surface area contributed by atoms with Crippen LogP contribution < -0.4 is 9.62 Å². The Hall–Kier alpha value is -1.56. The molecule has 1 aliphatic rings. The summed E-state index contributed by atoms with van der Waals surface area (Å²) in [5, 5.41) is 3.10. The zero-order chi connectivity index (χ0) is 18.4. The van der Waals surface area contributed by atoms with E-state index < -0.39 is 16.1 Å². The lowest BCUT2D eigenvalue weighted by Crippen LogP contribution is -2.51. The third kappa shape index (κ3) is 5.46. The third-order valence-electron chi connectivity index (χ3n) is 4.82. The number of benzene rings is 1. The van der Waals surface area contributed by atoms with E-state index in [0.717, 1.165) is 37.5 Å². The van der Waals surface area contributed by atoms with Crippen LogP contribution >= 0.6 is 0 Å². The van der Waals surface area contributed by atoms with E-state index in [0.29, 0.717) is 12.1 Å². The number of hydrogen-bond donors (Lipinski definition) is 1. The van der Waals surface area contributed by atoms with Gasteiger partial charge in [0.05, 0.1) is 11.9 Å². The number of nitrogens with one attached hydrogen (secondary N) is 1. The molecule has 0 aromatic heterocycles. The van der Waals surface area contributed by atoms with Crippen molar-refractivity contribution in [3.05, 3.63) is 29.8 Å². The van der Waals surface area contributed by atoms with Crippen LogP contribution in [0.5, 0.6) is 0 Å². The highest BCUT2D eigenvalue weighted by atomic mass is 32.2. The Bertz CT molecular complexity index is 662. The smallest absolute Gasteiger partial charge is 0.244 e. The molecular formula is C19H30N2O3S. The van der Waals surface area contributed by atoms with Gasteiger partial charge >= 0.3 is 0 Å². The second-order valence-corrected chi connectivity index (χ2v) is 8.87. The molecule has 1 aliphatic carbocycles. The summed E-state index contributed by atoms with van der Waals surface area (Å²) in [6, 6.07) is 6.69. The van der Waals surface area contributed by atoms with Crippen molar-refractivity contribution in [1.29, 1.82) is 0 Å². The van der Waals surface area contributed by atoms with Gasteiger partial charge in [-0.1, -0.05) is 50.3 Å². The van der Waals surface area contributed by atoms with Crippen LogP contribution in [-0.2, 0) is 14.8 Å².